The summed E-state index contributed by atoms with van der Waals surface area (Å²) >= 11 is 0. The number of aryl methyl sites for hydroxylation is 2. The highest BCUT2D eigenvalue weighted by Gasteiger charge is 2.72. The van der Waals surface area contributed by atoms with Crippen LogP contribution in [-0.2, 0) is 14.4 Å². The number of Topliss-reactive ketones (excluding diaryl/α,β-unsaturated/α-hetero) is 2. The van der Waals surface area contributed by atoms with Crippen LogP contribution in [-0.4, -0.2) is 17.5 Å². The topological polar surface area (TPSA) is 63.2 Å². The Hall–Kier alpha value is -1.97. The lowest BCUT2D eigenvalue weighted by molar-refractivity contribution is -0.147. The highest BCUT2D eigenvalue weighted by atomic mass is 16.2. The molecule has 0 heterocycles. The van der Waals surface area contributed by atoms with Crippen molar-refractivity contribution in [3.63, 3.8) is 0 Å². The van der Waals surface area contributed by atoms with Gasteiger partial charge in [-0.3, -0.25) is 14.4 Å². The van der Waals surface area contributed by atoms with Crippen LogP contribution in [0.3, 0.4) is 0 Å². The first kappa shape index (κ1) is 14.9. The van der Waals surface area contributed by atoms with Crippen LogP contribution >= 0.6 is 0 Å². The van der Waals surface area contributed by atoms with E-state index in [0.29, 0.717) is 18.5 Å². The molecule has 2 aliphatic rings. The first-order valence-corrected chi connectivity index (χ1v) is 7.69. The number of anilines is 1. The first-order chi connectivity index (χ1) is 10.2. The molecule has 1 aromatic carbocycles. The van der Waals surface area contributed by atoms with E-state index in [0.717, 1.165) is 11.1 Å². The van der Waals surface area contributed by atoms with E-state index in [1.165, 1.54) is 0 Å². The van der Waals surface area contributed by atoms with Gasteiger partial charge in [0, 0.05) is 11.6 Å². The summed E-state index contributed by atoms with van der Waals surface area (Å²) in [5.74, 6) is -1.52. The van der Waals surface area contributed by atoms with Gasteiger partial charge in [0.2, 0.25) is 17.5 Å². The zero-order valence-electron chi connectivity index (χ0n) is 13.4. The van der Waals surface area contributed by atoms with E-state index >= 15 is 0 Å². The summed E-state index contributed by atoms with van der Waals surface area (Å²) < 4.78 is 0. The lowest BCUT2D eigenvalue weighted by Gasteiger charge is -2.34. The van der Waals surface area contributed by atoms with E-state index < -0.39 is 16.6 Å². The number of carbonyl (C=O) groups is 3. The number of carbonyl (C=O) groups excluding carboxylic acids is 3. The number of hydrogen-bond acceptors (Lipinski definition) is 3. The van der Waals surface area contributed by atoms with Crippen LogP contribution in [0, 0.1) is 30.6 Å². The molecule has 2 atom stereocenters. The lowest BCUT2D eigenvalue weighted by Crippen LogP contribution is -2.47. The molecule has 1 N–H and O–H groups in total. The summed E-state index contributed by atoms with van der Waals surface area (Å²) in [5.41, 5.74) is 0.961. The van der Waals surface area contributed by atoms with Crippen LogP contribution in [0.5, 0.6) is 0 Å². The fraction of sp³-hybridized carbons (Fsp3) is 0.500. The zero-order chi connectivity index (χ0) is 16.3. The minimum Gasteiger partial charge on any atom is -0.325 e. The normalized spacial score (nSPS) is 29.0. The summed E-state index contributed by atoms with van der Waals surface area (Å²) in [5, 5.41) is 2.89. The lowest BCUT2D eigenvalue weighted by atomic mass is 9.68. The van der Waals surface area contributed by atoms with Crippen LogP contribution < -0.4 is 5.32 Å². The van der Waals surface area contributed by atoms with Crippen molar-refractivity contribution in [2.45, 2.75) is 40.5 Å². The Morgan fingerprint density at radius 1 is 1.23 bits per heavy atom. The van der Waals surface area contributed by atoms with Crippen molar-refractivity contribution < 1.29 is 14.4 Å². The average Bonchev–Trinajstić information content (AvgIpc) is 2.78. The van der Waals surface area contributed by atoms with Gasteiger partial charge in [0.25, 0.3) is 0 Å². The second kappa shape index (κ2) is 4.51. The monoisotopic (exact) mass is 299 g/mol. The highest BCUT2D eigenvalue weighted by Crippen LogP contribution is 2.62. The quantitative estimate of drug-likeness (QED) is 0.674. The van der Waals surface area contributed by atoms with Gasteiger partial charge in [0.05, 0.1) is 0 Å². The number of ketones is 2. The Balaban J connectivity index is 1.98. The van der Waals surface area contributed by atoms with Crippen LogP contribution in [0.4, 0.5) is 5.69 Å². The molecule has 0 radical (unpaired) electrons. The molecule has 0 aromatic heterocycles. The molecule has 2 bridgehead atoms. The van der Waals surface area contributed by atoms with Gasteiger partial charge in [-0.2, -0.15) is 0 Å². The number of hydrogen-bond donors (Lipinski definition) is 1. The number of nitrogens with one attached hydrogen (secondary N) is 1. The molecule has 3 rings (SSSR count). The molecule has 22 heavy (non-hydrogen) atoms. The van der Waals surface area contributed by atoms with E-state index in [1.54, 1.807) is 0 Å². The zero-order valence-corrected chi connectivity index (χ0v) is 13.4. The molecule has 1 amide bonds. The molecule has 2 fully saturated rings. The first-order valence-electron chi connectivity index (χ1n) is 7.69. The molecule has 116 valence electrons. The summed E-state index contributed by atoms with van der Waals surface area (Å²) in [6.07, 6.45) is 1.09. The highest BCUT2D eigenvalue weighted by molar-refractivity contribution is 6.48. The van der Waals surface area contributed by atoms with Crippen molar-refractivity contribution in [2.24, 2.45) is 16.7 Å². The number of rotatable bonds is 2. The van der Waals surface area contributed by atoms with Crippen LogP contribution in [0.2, 0.25) is 0 Å². The van der Waals surface area contributed by atoms with E-state index in [2.05, 4.69) is 5.32 Å². The molecule has 0 unspecified atom stereocenters. The van der Waals surface area contributed by atoms with E-state index in [4.69, 9.17) is 0 Å². The second-order valence-corrected chi connectivity index (χ2v) is 7.18. The van der Waals surface area contributed by atoms with Crippen molar-refractivity contribution in [3.8, 4) is 0 Å². The maximum absolute atomic E-state index is 12.9. The van der Waals surface area contributed by atoms with Crippen molar-refractivity contribution in [1.82, 2.24) is 0 Å². The van der Waals surface area contributed by atoms with Crippen LogP contribution in [0.25, 0.3) is 0 Å². The fourth-order valence-electron chi connectivity index (χ4n) is 4.27. The Morgan fingerprint density at radius 3 is 2.45 bits per heavy atom. The van der Waals surface area contributed by atoms with Crippen molar-refractivity contribution in [2.75, 3.05) is 5.32 Å². The van der Waals surface area contributed by atoms with E-state index in [-0.39, 0.29) is 17.6 Å². The molecule has 1 aromatic rings. The number of benzene rings is 1. The van der Waals surface area contributed by atoms with Gasteiger partial charge in [0.15, 0.2) is 0 Å². The van der Waals surface area contributed by atoms with Gasteiger partial charge in [-0.1, -0.05) is 31.5 Å². The van der Waals surface area contributed by atoms with E-state index in [1.807, 2.05) is 45.9 Å². The molecule has 4 nitrogen and oxygen atoms in total. The molecule has 0 spiro atoms. The second-order valence-electron chi connectivity index (χ2n) is 7.18. The smallest absolute Gasteiger partial charge is 0.239 e. The fourth-order valence-corrected chi connectivity index (χ4v) is 4.27. The summed E-state index contributed by atoms with van der Waals surface area (Å²) in [4.78, 5) is 37.5. The Labute approximate surface area is 130 Å². The maximum atomic E-state index is 12.9. The van der Waals surface area contributed by atoms with Gasteiger partial charge in [-0.05, 0) is 43.7 Å². The van der Waals surface area contributed by atoms with Crippen molar-refractivity contribution in [1.29, 1.82) is 0 Å². The molecule has 2 aliphatic carbocycles. The molecule has 0 saturated heterocycles. The molecule has 2 saturated carbocycles. The van der Waals surface area contributed by atoms with Crippen LogP contribution in [0.1, 0.15) is 37.8 Å². The third-order valence-electron chi connectivity index (χ3n) is 5.72. The maximum Gasteiger partial charge on any atom is 0.239 e. The summed E-state index contributed by atoms with van der Waals surface area (Å²) in [6.45, 7) is 7.65. The van der Waals surface area contributed by atoms with E-state index in [9.17, 15) is 14.4 Å². The van der Waals surface area contributed by atoms with Gasteiger partial charge < -0.3 is 5.32 Å². The molecular formula is C18H21NO3. The third kappa shape index (κ3) is 1.67. The minimum absolute atomic E-state index is 0.315. The standard InChI is InChI=1S/C18H21NO3/c1-10-5-6-13(11(2)9-10)19-16(22)18-8-7-12(17(18,3)4)14(20)15(18)21/h5-6,9,12H,7-8H2,1-4H3,(H,19,22)/t12-,18+/m1/s1. The predicted molar refractivity (Wildman–Crippen MR) is 83.5 cm³/mol. The summed E-state index contributed by atoms with van der Waals surface area (Å²) in [7, 11) is 0. The van der Waals surface area contributed by atoms with Gasteiger partial charge in [0.1, 0.15) is 5.41 Å². The van der Waals surface area contributed by atoms with Gasteiger partial charge in [-0.25, -0.2) is 0 Å². The SMILES string of the molecule is Cc1ccc(NC(=O)[C@]23CC[C@H](C(=O)C2=O)C3(C)C)c(C)c1. The number of amides is 1. The Morgan fingerprint density at radius 2 is 1.91 bits per heavy atom. The van der Waals surface area contributed by atoms with Gasteiger partial charge in [-0.15, -0.1) is 0 Å². The predicted octanol–water partition coefficient (Wildman–Crippen LogP) is 2.82. The average molecular weight is 299 g/mol. The molecule has 4 heteroatoms. The van der Waals surface area contributed by atoms with Gasteiger partial charge >= 0.3 is 0 Å². The number of fused-ring (bicyclic) bond motifs is 2. The van der Waals surface area contributed by atoms with Crippen molar-refractivity contribution in [3.05, 3.63) is 29.3 Å². The molecule has 0 aliphatic heterocycles. The Bertz CT molecular complexity index is 704. The summed E-state index contributed by atoms with van der Waals surface area (Å²) in [6, 6.07) is 5.75. The Kier molecular flexibility index (Phi) is 3.06. The third-order valence-corrected chi connectivity index (χ3v) is 5.72. The van der Waals surface area contributed by atoms with Crippen molar-refractivity contribution >= 4 is 23.2 Å². The largest absolute Gasteiger partial charge is 0.325 e. The minimum atomic E-state index is -1.20. The molecular weight excluding hydrogens is 278 g/mol. The van der Waals surface area contributed by atoms with Crippen LogP contribution in [0.15, 0.2) is 18.2 Å².